The van der Waals surface area contributed by atoms with Gasteiger partial charge in [-0.2, -0.15) is 13.7 Å². The zero-order valence-electron chi connectivity index (χ0n) is 77.5. The quantitative estimate of drug-likeness (QED) is 0.0303. The van der Waals surface area contributed by atoms with Crippen molar-refractivity contribution in [3.63, 3.8) is 0 Å². The molecule has 5 N–H and O–H groups in total. The molecule has 1 fully saturated rings. The predicted molar refractivity (Wildman–Crippen MR) is 544 cm³/mol. The molecule has 0 unspecified atom stereocenters. The molecule has 16 rings (SSSR count). The molecule has 133 heavy (non-hydrogen) atoms. The number of sulfonamides is 3. The number of fused-ring (bicyclic) bond motifs is 12. The number of carbonyl (C=O) groups is 4. The fourth-order valence-electron chi connectivity index (χ4n) is 19.2. The number of hydrogen-bond acceptors (Lipinski definition) is 18. The van der Waals surface area contributed by atoms with Crippen LogP contribution in [0, 0.1) is 46.1 Å². The van der Waals surface area contributed by atoms with Gasteiger partial charge in [0.2, 0.25) is 53.7 Å². The maximum absolute atomic E-state index is 12.3. The molecule has 5 aliphatic heterocycles. The van der Waals surface area contributed by atoms with Crippen LogP contribution in [-0.2, 0) is 86.4 Å². The van der Waals surface area contributed by atoms with Gasteiger partial charge in [-0.05, 0) is 224 Å². The SMILES string of the molecule is CC(=O)NS(=O)(=O)CCN1c2ccc(C)cc2C(C)(C)c2cc(Br)ccc21.CC(=O)NS(=O)(=O)CCN1c2ccc(C)cc2C(C)(C)c2cc(Cl)ccc21.CC(=O)NS(=O)(=O)CCN1c2ccc(C)cc2C2(CCCCC2)c2cc(Br)ccc21.Cc1ccc2c(c1)C(C)(C)c1cc(Cl)ccc1N2CCC(=O)NC#N.Cc1ccc2c(c1)C(C)(C)c1cc(Cl)ccc1N2CCS(=O)(=O)O. The van der Waals surface area contributed by atoms with E-state index in [2.05, 4.69) is 201 Å². The highest BCUT2D eigenvalue weighted by molar-refractivity contribution is 9.10. The van der Waals surface area contributed by atoms with Gasteiger partial charge in [-0.1, -0.05) is 230 Å². The van der Waals surface area contributed by atoms with Crippen LogP contribution >= 0.6 is 66.7 Å². The van der Waals surface area contributed by atoms with Crippen molar-refractivity contribution in [3.8, 4) is 6.19 Å². The van der Waals surface area contributed by atoms with Crippen LogP contribution in [0.2, 0.25) is 15.1 Å². The normalized spacial score (nSPS) is 15.6. The molecule has 0 saturated heterocycles. The minimum absolute atomic E-state index is 0.0360. The first-order valence-corrected chi connectivity index (χ1v) is 53.1. The van der Waals surface area contributed by atoms with E-state index in [0.717, 1.165) is 134 Å². The Labute approximate surface area is 814 Å². The Kier molecular flexibility index (Phi) is 30.9. The largest absolute Gasteiger partial charge is 0.340 e. The van der Waals surface area contributed by atoms with Gasteiger partial charge in [0.1, 0.15) is 0 Å². The van der Waals surface area contributed by atoms with Crippen molar-refractivity contribution in [2.75, 3.05) is 80.2 Å². The number of aryl methyl sites for hydroxylation is 5. The number of halogens is 5. The summed E-state index contributed by atoms with van der Waals surface area (Å²) in [6.45, 7) is 32.7. The third-order valence-electron chi connectivity index (χ3n) is 25.6. The lowest BCUT2D eigenvalue weighted by Gasteiger charge is -2.48. The minimum Gasteiger partial charge on any atom is -0.340 e. The molecule has 0 radical (unpaired) electrons. The molecule has 32 heteroatoms. The van der Waals surface area contributed by atoms with Crippen LogP contribution in [0.4, 0.5) is 56.9 Å². The number of nitrogens with zero attached hydrogens (tertiary/aromatic N) is 6. The van der Waals surface area contributed by atoms with Crippen LogP contribution in [0.15, 0.2) is 191 Å². The molecule has 10 aromatic carbocycles. The zero-order valence-corrected chi connectivity index (χ0v) is 86.2. The molecule has 0 atom stereocenters. The number of nitrogens with one attached hydrogen (secondary N) is 4. The van der Waals surface area contributed by atoms with E-state index in [1.165, 1.54) is 67.9 Å². The maximum Gasteiger partial charge on any atom is 0.266 e. The Bertz CT molecular complexity index is 6340. The van der Waals surface area contributed by atoms with Crippen LogP contribution in [0.1, 0.15) is 198 Å². The van der Waals surface area contributed by atoms with E-state index in [1.807, 2.05) is 141 Å². The minimum atomic E-state index is -4.04. The van der Waals surface area contributed by atoms with E-state index in [4.69, 9.17) is 44.6 Å². The summed E-state index contributed by atoms with van der Waals surface area (Å²) in [5, 5.41) is 12.8. The monoisotopic (exact) mass is 2060 g/mol. The number of anilines is 10. The third kappa shape index (κ3) is 23.0. The van der Waals surface area contributed by atoms with Crippen LogP contribution in [0.5, 0.6) is 0 Å². The number of nitriles is 1. The number of carbonyl (C=O) groups excluding carboxylic acids is 4. The molecule has 1 saturated carbocycles. The molecular formula is C101H113Br2Cl3N10O13S4. The molecular weight excluding hydrogens is 1960 g/mol. The zero-order chi connectivity index (χ0) is 97.4. The second-order valence-corrected chi connectivity index (χ2v) is 47.2. The van der Waals surface area contributed by atoms with E-state index in [1.54, 1.807) is 12.3 Å². The molecule has 5 heterocycles. The third-order valence-corrected chi connectivity index (χ3v) is 31.9. The van der Waals surface area contributed by atoms with Gasteiger partial charge in [-0.15, -0.1) is 0 Å². The van der Waals surface area contributed by atoms with Crippen molar-refractivity contribution in [2.45, 2.75) is 176 Å². The van der Waals surface area contributed by atoms with Crippen molar-refractivity contribution >= 4 is 187 Å². The molecule has 0 aromatic heterocycles. The van der Waals surface area contributed by atoms with Crippen molar-refractivity contribution in [3.05, 3.63) is 289 Å². The number of hydrogen-bond donors (Lipinski definition) is 5. The van der Waals surface area contributed by atoms with Crippen molar-refractivity contribution < 1.29 is 57.4 Å². The maximum atomic E-state index is 12.3. The topological polar surface area (TPSA) is 313 Å². The summed E-state index contributed by atoms with van der Waals surface area (Å²) < 4.78 is 113. The van der Waals surface area contributed by atoms with Crippen LogP contribution in [0.3, 0.4) is 0 Å². The number of rotatable bonds is 18. The van der Waals surface area contributed by atoms with E-state index in [9.17, 15) is 52.8 Å². The lowest BCUT2D eigenvalue weighted by molar-refractivity contribution is -0.120. The molecule has 23 nitrogen and oxygen atoms in total. The summed E-state index contributed by atoms with van der Waals surface area (Å²) in [5.74, 6) is -2.84. The second kappa shape index (κ2) is 40.2. The van der Waals surface area contributed by atoms with Crippen molar-refractivity contribution in [1.82, 2.24) is 19.5 Å². The first kappa shape index (κ1) is 102. The van der Waals surface area contributed by atoms with Crippen LogP contribution in [-0.4, -0.2) is 118 Å². The first-order valence-electron chi connectivity index (χ1n) is 43.8. The second-order valence-electron chi connectivity index (χ2n) is 36.9. The van der Waals surface area contributed by atoms with Gasteiger partial charge in [-0.3, -0.25) is 43.2 Å². The average Bonchev–Trinajstić information content (AvgIpc) is 0.731. The highest BCUT2D eigenvalue weighted by Gasteiger charge is 2.46. The summed E-state index contributed by atoms with van der Waals surface area (Å²) in [5.41, 5.74) is 26.5. The number of benzene rings is 10. The van der Waals surface area contributed by atoms with Gasteiger partial charge in [0.15, 0.2) is 6.19 Å². The Morgan fingerprint density at radius 1 is 0.353 bits per heavy atom. The summed E-state index contributed by atoms with van der Waals surface area (Å²) in [6, 6.07) is 61.0. The first-order chi connectivity index (χ1) is 62.2. The predicted octanol–water partition coefficient (Wildman–Crippen LogP) is 21.5. The van der Waals surface area contributed by atoms with Gasteiger partial charge >= 0.3 is 0 Å². The van der Waals surface area contributed by atoms with Gasteiger partial charge < -0.3 is 24.5 Å². The van der Waals surface area contributed by atoms with Crippen LogP contribution in [0.25, 0.3) is 0 Å². The molecule has 10 aromatic rings. The average molecular weight is 2070 g/mol. The number of amides is 4. The summed E-state index contributed by atoms with van der Waals surface area (Å²) in [4.78, 5) is 55.6. The highest BCUT2D eigenvalue weighted by Crippen LogP contribution is 2.58. The van der Waals surface area contributed by atoms with E-state index in [-0.39, 0.29) is 88.6 Å². The van der Waals surface area contributed by atoms with Crippen molar-refractivity contribution in [2.24, 2.45) is 0 Å². The van der Waals surface area contributed by atoms with Crippen molar-refractivity contribution in [1.29, 1.82) is 5.26 Å². The Hall–Kier alpha value is -9.84. The summed E-state index contributed by atoms with van der Waals surface area (Å²) >= 11 is 25.9. The van der Waals surface area contributed by atoms with Gasteiger partial charge in [-0.25, -0.2) is 25.3 Å². The summed E-state index contributed by atoms with van der Waals surface area (Å²) in [6.07, 6.45) is 7.77. The summed E-state index contributed by atoms with van der Waals surface area (Å²) in [7, 11) is -15.1. The Morgan fingerprint density at radius 3 is 0.872 bits per heavy atom. The molecule has 1 aliphatic carbocycles. The van der Waals surface area contributed by atoms with Crippen LogP contribution < -0.4 is 44.0 Å². The molecule has 1 spiro atoms. The van der Waals surface area contributed by atoms with Gasteiger partial charge in [0.05, 0.1) is 23.0 Å². The van der Waals surface area contributed by atoms with E-state index >= 15 is 0 Å². The van der Waals surface area contributed by atoms with Gasteiger partial charge in [0.25, 0.3) is 10.1 Å². The van der Waals surface area contributed by atoms with E-state index in [0.29, 0.717) is 21.6 Å². The fraction of sp³-hybridized carbons (Fsp3) is 0.356. The lowest BCUT2D eigenvalue weighted by atomic mass is 9.62. The Morgan fingerprint density at radius 2 is 0.586 bits per heavy atom. The van der Waals surface area contributed by atoms with E-state index < -0.39 is 57.9 Å². The lowest BCUT2D eigenvalue weighted by Crippen LogP contribution is -2.41. The smallest absolute Gasteiger partial charge is 0.266 e. The molecule has 0 bridgehead atoms. The Balaban J connectivity index is 0.000000150. The molecule has 6 aliphatic rings. The highest BCUT2D eigenvalue weighted by atomic mass is 79.9. The fourth-order valence-corrected chi connectivity index (χ4v) is 23.7. The van der Waals surface area contributed by atoms with Gasteiger partial charge in [0, 0.05) is 168 Å². The standard InChI is InChI=1S/C23H27BrN2O3S.C20H23BrN2O3S.C20H20ClN3O.C20H23ClN2O3S.C18H20ClNO3S/c1-16-6-8-21-19(14-16)23(10-4-3-5-11-23)20-15-18(24)7-9-22(20)26(21)12-13-30(28,29)25-17(2)27;1-13-5-7-18-16(11-13)20(3,4)17-12-15(21)6-8-19(17)23(18)9-10-27(25,26)22-14(2)24;1-13-4-6-17-15(10-13)20(2,3)16-11-14(21)5-7-18(16)24(17)9-8-19(25)23-12-22;1-13-5-7-18-16(11-13)20(3,4)17-12-15(21)6-8-19(17)23(18)9-10-27(25,26)22-14(2)24;1-12-4-6-16-14(10-12)18(2,3)15-11-13(19)5-7-17(15)20(16)8-9-24(21,22)23/h6-9,14-15H,3-5,10-13H2,1-2H3,(H,25,27);5-8,11-12H,9-10H2,1-4H3,(H,22,24);4-7,10-11H,8-9H2,1-3H3,(H,23,25);5-8,11-12H,9-10H2,1-4H3,(H,22,24);4-7,10-11H,8-9H2,1-3H3,(H,21,22,23). The molecule has 4 amide bonds. The molecule has 704 valence electrons.